The molecule has 0 radical (unpaired) electrons. The average molecular weight is 271 g/mol. The van der Waals surface area contributed by atoms with Crippen LogP contribution in [0.1, 0.15) is 5.56 Å². The highest BCUT2D eigenvalue weighted by molar-refractivity contribution is 7.99. The lowest BCUT2D eigenvalue weighted by Gasteiger charge is -2.02. The van der Waals surface area contributed by atoms with Crippen LogP contribution in [0.25, 0.3) is 5.65 Å². The second-order valence-corrected chi connectivity index (χ2v) is 5.04. The third kappa shape index (κ3) is 2.59. The van der Waals surface area contributed by atoms with Crippen molar-refractivity contribution < 1.29 is 0 Å². The van der Waals surface area contributed by atoms with Crippen LogP contribution in [0.3, 0.4) is 0 Å². The molecule has 19 heavy (non-hydrogen) atoms. The summed E-state index contributed by atoms with van der Waals surface area (Å²) in [7, 11) is 1.92. The van der Waals surface area contributed by atoms with Gasteiger partial charge >= 0.3 is 0 Å². The van der Waals surface area contributed by atoms with E-state index in [-0.39, 0.29) is 0 Å². The lowest BCUT2D eigenvalue weighted by Crippen LogP contribution is -2.05. The van der Waals surface area contributed by atoms with E-state index in [1.165, 1.54) is 11.8 Å². The van der Waals surface area contributed by atoms with Gasteiger partial charge in [0, 0.05) is 18.9 Å². The number of hydrogen-bond acceptors (Lipinski definition) is 5. The fourth-order valence-electron chi connectivity index (χ4n) is 1.76. The predicted molar refractivity (Wildman–Crippen MR) is 74.1 cm³/mol. The number of fused-ring (bicyclic) bond motifs is 1. The van der Waals surface area contributed by atoms with Gasteiger partial charge in [-0.25, -0.2) is 4.98 Å². The van der Waals surface area contributed by atoms with Gasteiger partial charge in [-0.3, -0.25) is 4.40 Å². The van der Waals surface area contributed by atoms with Gasteiger partial charge in [0.2, 0.25) is 5.16 Å². The highest BCUT2D eigenvalue weighted by Gasteiger charge is 2.07. The molecule has 0 aromatic carbocycles. The maximum absolute atomic E-state index is 4.42. The van der Waals surface area contributed by atoms with Crippen LogP contribution in [-0.4, -0.2) is 26.6 Å². The first-order valence-corrected chi connectivity index (χ1v) is 6.75. The molecule has 0 atom stereocenters. The van der Waals surface area contributed by atoms with Crippen LogP contribution in [0, 0.1) is 0 Å². The highest BCUT2D eigenvalue weighted by Crippen LogP contribution is 2.24. The molecule has 0 amide bonds. The molecule has 0 aliphatic heterocycles. The van der Waals surface area contributed by atoms with Crippen LogP contribution >= 0.6 is 11.8 Å². The molecule has 3 heterocycles. The summed E-state index contributed by atoms with van der Waals surface area (Å²) in [6, 6.07) is 9.91. The van der Waals surface area contributed by atoms with Crippen molar-refractivity contribution in [1.82, 2.24) is 24.9 Å². The summed E-state index contributed by atoms with van der Waals surface area (Å²) < 4.78 is 1.95. The van der Waals surface area contributed by atoms with Gasteiger partial charge in [0.25, 0.3) is 0 Å². The van der Waals surface area contributed by atoms with Crippen molar-refractivity contribution >= 4 is 17.4 Å². The van der Waals surface area contributed by atoms with E-state index in [1.54, 1.807) is 0 Å². The van der Waals surface area contributed by atoms with E-state index in [0.717, 1.165) is 27.9 Å². The van der Waals surface area contributed by atoms with Crippen molar-refractivity contribution in [3.63, 3.8) is 0 Å². The van der Waals surface area contributed by atoms with E-state index in [9.17, 15) is 0 Å². The largest absolute Gasteiger partial charge is 0.316 e. The Labute approximate surface area is 115 Å². The van der Waals surface area contributed by atoms with E-state index < -0.39 is 0 Å². The Bertz CT molecular complexity index is 677. The standard InChI is InChI=1S/C13H13N5S/c1-14-8-10-5-6-12(15-9-10)19-13-17-16-11-4-2-3-7-18(11)13/h2-7,9,14H,8H2,1H3. The zero-order valence-electron chi connectivity index (χ0n) is 10.4. The Morgan fingerprint density at radius 1 is 1.21 bits per heavy atom. The maximum atomic E-state index is 4.42. The Balaban J connectivity index is 1.84. The smallest absolute Gasteiger partial charge is 0.201 e. The molecule has 3 rings (SSSR count). The van der Waals surface area contributed by atoms with E-state index in [4.69, 9.17) is 0 Å². The lowest BCUT2D eigenvalue weighted by molar-refractivity contribution is 0.809. The molecular formula is C13H13N5S. The van der Waals surface area contributed by atoms with Gasteiger partial charge < -0.3 is 5.32 Å². The maximum Gasteiger partial charge on any atom is 0.201 e. The first-order chi connectivity index (χ1) is 9.36. The van der Waals surface area contributed by atoms with Gasteiger partial charge in [0.15, 0.2) is 5.65 Å². The normalized spacial score (nSPS) is 11.0. The molecule has 0 saturated heterocycles. The highest BCUT2D eigenvalue weighted by atomic mass is 32.2. The van der Waals surface area contributed by atoms with Crippen molar-refractivity contribution in [2.45, 2.75) is 16.7 Å². The summed E-state index contributed by atoms with van der Waals surface area (Å²) in [5.41, 5.74) is 2.01. The molecule has 6 heteroatoms. The molecule has 0 unspecified atom stereocenters. The Kier molecular flexibility index (Phi) is 3.43. The minimum Gasteiger partial charge on any atom is -0.316 e. The summed E-state index contributed by atoms with van der Waals surface area (Å²) in [4.78, 5) is 4.42. The number of nitrogens with one attached hydrogen (secondary N) is 1. The van der Waals surface area contributed by atoms with Gasteiger partial charge in [0.1, 0.15) is 5.03 Å². The molecule has 3 aromatic rings. The summed E-state index contributed by atoms with van der Waals surface area (Å²) in [6.07, 6.45) is 3.83. The number of nitrogens with zero attached hydrogens (tertiary/aromatic N) is 4. The first kappa shape index (κ1) is 12.1. The van der Waals surface area contributed by atoms with Gasteiger partial charge in [-0.05, 0) is 42.6 Å². The number of aromatic nitrogens is 4. The van der Waals surface area contributed by atoms with Crippen molar-refractivity contribution in [2.75, 3.05) is 7.05 Å². The summed E-state index contributed by atoms with van der Waals surface area (Å²) in [6.45, 7) is 0.825. The van der Waals surface area contributed by atoms with Gasteiger partial charge in [-0.2, -0.15) is 0 Å². The molecule has 0 aliphatic carbocycles. The molecular weight excluding hydrogens is 258 g/mol. The van der Waals surface area contributed by atoms with E-state index >= 15 is 0 Å². The molecule has 0 fully saturated rings. The number of rotatable bonds is 4. The van der Waals surface area contributed by atoms with Crippen LogP contribution < -0.4 is 5.32 Å². The minimum atomic E-state index is 0.824. The average Bonchev–Trinajstić information content (AvgIpc) is 2.85. The van der Waals surface area contributed by atoms with E-state index in [2.05, 4.69) is 26.6 Å². The third-order valence-electron chi connectivity index (χ3n) is 2.66. The monoisotopic (exact) mass is 271 g/mol. The van der Waals surface area contributed by atoms with Crippen molar-refractivity contribution in [3.05, 3.63) is 48.3 Å². The quantitative estimate of drug-likeness (QED) is 0.786. The van der Waals surface area contributed by atoms with E-state index in [1.807, 2.05) is 48.1 Å². The van der Waals surface area contributed by atoms with Crippen molar-refractivity contribution in [2.24, 2.45) is 0 Å². The molecule has 1 N–H and O–H groups in total. The van der Waals surface area contributed by atoms with Crippen LogP contribution in [0.4, 0.5) is 0 Å². The molecule has 0 saturated carbocycles. The van der Waals surface area contributed by atoms with Crippen LogP contribution in [0.2, 0.25) is 0 Å². The second-order valence-electron chi connectivity index (χ2n) is 4.05. The van der Waals surface area contributed by atoms with Crippen LogP contribution in [0.15, 0.2) is 52.9 Å². The molecule has 5 nitrogen and oxygen atoms in total. The molecule has 96 valence electrons. The van der Waals surface area contributed by atoms with Gasteiger partial charge in [-0.1, -0.05) is 12.1 Å². The summed E-state index contributed by atoms with van der Waals surface area (Å²) in [5, 5.41) is 13.1. The van der Waals surface area contributed by atoms with E-state index in [0.29, 0.717) is 0 Å². The zero-order valence-corrected chi connectivity index (χ0v) is 11.3. The molecule has 0 bridgehead atoms. The Hall–Kier alpha value is -1.92. The van der Waals surface area contributed by atoms with Crippen LogP contribution in [0.5, 0.6) is 0 Å². The molecule has 3 aromatic heterocycles. The SMILES string of the molecule is CNCc1ccc(Sc2nnc3ccccn23)nc1. The zero-order chi connectivity index (χ0) is 13.1. The lowest BCUT2D eigenvalue weighted by atomic mass is 10.3. The van der Waals surface area contributed by atoms with Gasteiger partial charge in [0.05, 0.1) is 0 Å². The number of pyridine rings is 2. The number of hydrogen-bond donors (Lipinski definition) is 1. The van der Waals surface area contributed by atoms with Crippen LogP contribution in [-0.2, 0) is 6.54 Å². The summed E-state index contributed by atoms with van der Waals surface area (Å²) in [5.74, 6) is 0. The van der Waals surface area contributed by atoms with Gasteiger partial charge in [-0.15, -0.1) is 10.2 Å². The first-order valence-electron chi connectivity index (χ1n) is 5.94. The summed E-state index contributed by atoms with van der Waals surface area (Å²) >= 11 is 1.51. The molecule has 0 aliphatic rings. The predicted octanol–water partition coefficient (Wildman–Crippen LogP) is 1.99. The Morgan fingerprint density at radius 2 is 2.16 bits per heavy atom. The fraction of sp³-hybridized carbons (Fsp3) is 0.154. The second kappa shape index (κ2) is 5.38. The third-order valence-corrected chi connectivity index (χ3v) is 3.57. The fourth-order valence-corrected chi connectivity index (χ4v) is 2.53. The Morgan fingerprint density at radius 3 is 2.95 bits per heavy atom. The minimum absolute atomic E-state index is 0.824. The van der Waals surface area contributed by atoms with Crippen molar-refractivity contribution in [1.29, 1.82) is 0 Å². The molecule has 0 spiro atoms. The van der Waals surface area contributed by atoms with Crippen molar-refractivity contribution in [3.8, 4) is 0 Å². The topological polar surface area (TPSA) is 55.1 Å².